The molecule has 0 heterocycles. The number of hydrogen-bond donors (Lipinski definition) is 2. The maximum absolute atomic E-state index is 13.1. The molecule has 0 saturated heterocycles. The molecule has 1 amide bonds. The van der Waals surface area contributed by atoms with Crippen molar-refractivity contribution in [2.75, 3.05) is 12.4 Å². The van der Waals surface area contributed by atoms with E-state index in [9.17, 15) is 13.2 Å². The van der Waals surface area contributed by atoms with E-state index < -0.39 is 22.0 Å². The molecule has 0 aliphatic heterocycles. The third kappa shape index (κ3) is 6.07. The molecule has 0 spiro atoms. The molecule has 162 valence electrons. The summed E-state index contributed by atoms with van der Waals surface area (Å²) >= 11 is 5.87. The Labute approximate surface area is 187 Å². The molecule has 3 aromatic carbocycles. The Morgan fingerprint density at radius 2 is 1.71 bits per heavy atom. The van der Waals surface area contributed by atoms with Crippen LogP contribution in [0.5, 0.6) is 5.75 Å². The Morgan fingerprint density at radius 1 is 1.03 bits per heavy atom. The van der Waals surface area contributed by atoms with Crippen molar-refractivity contribution in [3.05, 3.63) is 88.9 Å². The molecule has 0 aliphatic carbocycles. The smallest absolute Gasteiger partial charge is 0.243 e. The molecule has 1 atom stereocenters. The van der Waals surface area contributed by atoms with Gasteiger partial charge in [0, 0.05) is 5.02 Å². The summed E-state index contributed by atoms with van der Waals surface area (Å²) < 4.78 is 33.7. The molecule has 3 rings (SSSR count). The lowest BCUT2D eigenvalue weighted by molar-refractivity contribution is -0.117. The van der Waals surface area contributed by atoms with Gasteiger partial charge < -0.3 is 10.1 Å². The van der Waals surface area contributed by atoms with E-state index >= 15 is 0 Å². The summed E-state index contributed by atoms with van der Waals surface area (Å²) in [6, 6.07) is 19.3. The van der Waals surface area contributed by atoms with Crippen molar-refractivity contribution in [2.45, 2.75) is 24.3 Å². The number of sulfonamides is 1. The van der Waals surface area contributed by atoms with Crippen molar-refractivity contribution < 1.29 is 17.9 Å². The van der Waals surface area contributed by atoms with Crippen LogP contribution in [0.15, 0.2) is 77.7 Å². The van der Waals surface area contributed by atoms with Gasteiger partial charge in [-0.3, -0.25) is 4.79 Å². The van der Waals surface area contributed by atoms with E-state index in [1.165, 1.54) is 31.4 Å². The highest BCUT2D eigenvalue weighted by Gasteiger charge is 2.27. The first kappa shape index (κ1) is 22.8. The van der Waals surface area contributed by atoms with Gasteiger partial charge in [-0.1, -0.05) is 48.0 Å². The number of carbonyl (C=O) groups excluding carboxylic acids is 1. The number of halogens is 1. The number of aryl methyl sites for hydroxylation is 1. The van der Waals surface area contributed by atoms with Gasteiger partial charge in [0.25, 0.3) is 0 Å². The van der Waals surface area contributed by atoms with Crippen LogP contribution in [-0.2, 0) is 21.2 Å². The second-order valence-electron chi connectivity index (χ2n) is 7.01. The monoisotopic (exact) mass is 458 g/mol. The second kappa shape index (κ2) is 9.96. The highest BCUT2D eigenvalue weighted by Crippen LogP contribution is 2.25. The normalized spacial score (nSPS) is 12.2. The van der Waals surface area contributed by atoms with E-state index in [0.29, 0.717) is 16.5 Å². The van der Waals surface area contributed by atoms with Gasteiger partial charge in [0.05, 0.1) is 17.7 Å². The number of amides is 1. The molecule has 1 unspecified atom stereocenters. The van der Waals surface area contributed by atoms with Gasteiger partial charge in [0.2, 0.25) is 15.9 Å². The van der Waals surface area contributed by atoms with Crippen LogP contribution in [-0.4, -0.2) is 27.5 Å². The molecule has 0 radical (unpaired) electrons. The maximum Gasteiger partial charge on any atom is 0.243 e. The molecule has 0 aliphatic rings. The average molecular weight is 459 g/mol. The van der Waals surface area contributed by atoms with Crippen molar-refractivity contribution in [1.29, 1.82) is 0 Å². The summed E-state index contributed by atoms with van der Waals surface area (Å²) in [6.45, 7) is 1.89. The van der Waals surface area contributed by atoms with Gasteiger partial charge >= 0.3 is 0 Å². The number of ether oxygens (including phenoxy) is 1. The first-order chi connectivity index (χ1) is 14.8. The van der Waals surface area contributed by atoms with E-state index in [2.05, 4.69) is 10.0 Å². The number of methoxy groups -OCH3 is 1. The van der Waals surface area contributed by atoms with Gasteiger partial charge in [-0.05, 0) is 60.9 Å². The first-order valence-corrected chi connectivity index (χ1v) is 11.4. The Hall–Kier alpha value is -2.87. The predicted octanol–water partition coefficient (Wildman–Crippen LogP) is 4.19. The molecule has 2 N–H and O–H groups in total. The number of anilines is 1. The number of rotatable bonds is 8. The number of benzene rings is 3. The molecular weight excluding hydrogens is 436 g/mol. The van der Waals surface area contributed by atoms with Crippen LogP contribution in [0.4, 0.5) is 5.69 Å². The standard InChI is InChI=1S/C23H23ClN2O4S/c1-16-8-13-22(30-2)20(14-16)25-23(27)21(15-17-6-4-3-5-7-17)26-31(28,29)19-11-9-18(24)10-12-19/h3-14,21,26H,15H2,1-2H3,(H,25,27). The molecule has 6 nitrogen and oxygen atoms in total. The fourth-order valence-electron chi connectivity index (χ4n) is 3.05. The van der Waals surface area contributed by atoms with Gasteiger partial charge in [-0.2, -0.15) is 4.72 Å². The van der Waals surface area contributed by atoms with E-state index in [1.54, 1.807) is 12.1 Å². The van der Waals surface area contributed by atoms with Crippen LogP contribution in [0.2, 0.25) is 5.02 Å². The van der Waals surface area contributed by atoms with Crippen molar-refractivity contribution in [1.82, 2.24) is 4.72 Å². The van der Waals surface area contributed by atoms with Crippen LogP contribution < -0.4 is 14.8 Å². The van der Waals surface area contributed by atoms with Crippen LogP contribution in [0.3, 0.4) is 0 Å². The van der Waals surface area contributed by atoms with Crippen molar-refractivity contribution >= 4 is 33.2 Å². The molecule has 3 aromatic rings. The fourth-order valence-corrected chi connectivity index (χ4v) is 4.37. The largest absolute Gasteiger partial charge is 0.495 e. The van der Waals surface area contributed by atoms with E-state index in [4.69, 9.17) is 16.3 Å². The van der Waals surface area contributed by atoms with E-state index in [-0.39, 0.29) is 11.3 Å². The predicted molar refractivity (Wildman–Crippen MR) is 122 cm³/mol. The molecule has 0 bridgehead atoms. The molecular formula is C23H23ClN2O4S. The van der Waals surface area contributed by atoms with Crippen molar-refractivity contribution in [3.63, 3.8) is 0 Å². The minimum Gasteiger partial charge on any atom is -0.495 e. The molecule has 0 saturated carbocycles. The summed E-state index contributed by atoms with van der Waals surface area (Å²) in [5.74, 6) is -0.0109. The van der Waals surface area contributed by atoms with Gasteiger partial charge in [-0.15, -0.1) is 0 Å². The molecule has 0 aromatic heterocycles. The first-order valence-electron chi connectivity index (χ1n) is 9.56. The van der Waals surface area contributed by atoms with Gasteiger partial charge in [-0.25, -0.2) is 8.42 Å². The van der Waals surface area contributed by atoms with Crippen LogP contribution in [0, 0.1) is 6.92 Å². The minimum absolute atomic E-state index is 0.0240. The zero-order valence-corrected chi connectivity index (χ0v) is 18.7. The van der Waals surface area contributed by atoms with Crippen LogP contribution in [0.25, 0.3) is 0 Å². The van der Waals surface area contributed by atoms with E-state index in [1.807, 2.05) is 43.3 Å². The lowest BCUT2D eigenvalue weighted by Gasteiger charge is -2.20. The summed E-state index contributed by atoms with van der Waals surface area (Å²) in [5.41, 5.74) is 2.21. The van der Waals surface area contributed by atoms with Gasteiger partial charge in [0.1, 0.15) is 11.8 Å². The third-order valence-corrected chi connectivity index (χ3v) is 6.37. The molecule has 8 heteroatoms. The number of carbonyl (C=O) groups is 1. The van der Waals surface area contributed by atoms with Crippen LogP contribution >= 0.6 is 11.6 Å². The molecule has 0 fully saturated rings. The highest BCUT2D eigenvalue weighted by molar-refractivity contribution is 7.89. The second-order valence-corrected chi connectivity index (χ2v) is 9.16. The maximum atomic E-state index is 13.1. The Morgan fingerprint density at radius 3 is 2.35 bits per heavy atom. The van der Waals surface area contributed by atoms with Crippen molar-refractivity contribution in [3.8, 4) is 5.75 Å². The zero-order chi connectivity index (χ0) is 22.4. The summed E-state index contributed by atoms with van der Waals surface area (Å²) in [5, 5.41) is 3.21. The summed E-state index contributed by atoms with van der Waals surface area (Å²) in [4.78, 5) is 13.2. The molecule has 31 heavy (non-hydrogen) atoms. The lowest BCUT2D eigenvalue weighted by Crippen LogP contribution is -2.45. The fraction of sp³-hybridized carbons (Fsp3) is 0.174. The number of hydrogen-bond acceptors (Lipinski definition) is 4. The summed E-state index contributed by atoms with van der Waals surface area (Å²) in [6.07, 6.45) is 0.174. The topological polar surface area (TPSA) is 84.5 Å². The van der Waals surface area contributed by atoms with Crippen molar-refractivity contribution in [2.24, 2.45) is 0 Å². The average Bonchev–Trinajstić information content (AvgIpc) is 2.74. The Bertz CT molecular complexity index is 1150. The zero-order valence-electron chi connectivity index (χ0n) is 17.1. The quantitative estimate of drug-likeness (QED) is 0.530. The van der Waals surface area contributed by atoms with E-state index in [0.717, 1.165) is 11.1 Å². The number of nitrogens with one attached hydrogen (secondary N) is 2. The minimum atomic E-state index is -3.96. The van der Waals surface area contributed by atoms with Gasteiger partial charge in [0.15, 0.2) is 0 Å². The lowest BCUT2D eigenvalue weighted by atomic mass is 10.1. The summed E-state index contributed by atoms with van der Waals surface area (Å²) in [7, 11) is -2.45. The van der Waals surface area contributed by atoms with Crippen LogP contribution in [0.1, 0.15) is 11.1 Å². The Kier molecular flexibility index (Phi) is 7.33. The highest BCUT2D eigenvalue weighted by atomic mass is 35.5. The SMILES string of the molecule is COc1ccc(C)cc1NC(=O)C(Cc1ccccc1)NS(=O)(=O)c1ccc(Cl)cc1. The Balaban J connectivity index is 1.90. The third-order valence-electron chi connectivity index (χ3n) is 4.63.